The number of hydrogen-bond donors (Lipinski definition) is 7. The molecule has 0 radical (unpaired) electrons. The van der Waals surface area contributed by atoms with Crippen LogP contribution in [0.5, 0.6) is 80.5 Å². The van der Waals surface area contributed by atoms with E-state index in [2.05, 4.69) is 29.0 Å². The minimum Gasteiger partial charge on any atom is -0.759 e. The van der Waals surface area contributed by atoms with Crippen LogP contribution in [0, 0.1) is 15.6 Å². The van der Waals surface area contributed by atoms with Gasteiger partial charge >= 0.3 is 95.5 Å². The van der Waals surface area contributed by atoms with Crippen LogP contribution in [0.25, 0.3) is 30.4 Å². The first-order valence-electron chi connectivity index (χ1n) is 45.8. The summed E-state index contributed by atoms with van der Waals surface area (Å²) in [6.45, 7) is 21.4. The van der Waals surface area contributed by atoms with Crippen molar-refractivity contribution in [2.75, 3.05) is 56.9 Å². The Hall–Kier alpha value is -13.1. The number of alkyl halides is 3. The predicted molar refractivity (Wildman–Crippen MR) is 565 cm³/mol. The maximum atomic E-state index is 12.3. The summed E-state index contributed by atoms with van der Waals surface area (Å²) in [5, 5.41) is 49.7. The fourth-order valence-corrected chi connectivity index (χ4v) is 13.5. The summed E-state index contributed by atoms with van der Waals surface area (Å²) >= 11 is 5.94. The summed E-state index contributed by atoms with van der Waals surface area (Å²) in [5.41, 5.74) is 24.9. The summed E-state index contributed by atoms with van der Waals surface area (Å²) in [4.78, 5) is 56.9. The molecule has 0 bridgehead atoms. The number of nitrogens with one attached hydrogen (secondary N) is 5. The largest absolute Gasteiger partial charge is 1.00 e. The van der Waals surface area contributed by atoms with Crippen LogP contribution in [0.15, 0.2) is 271 Å². The molecule has 0 saturated heterocycles. The number of ether oxygens (including phenoxy) is 14. The van der Waals surface area contributed by atoms with Gasteiger partial charge in [0, 0.05) is 91.0 Å². The first-order chi connectivity index (χ1) is 70.5. The number of benzene rings is 10. The van der Waals surface area contributed by atoms with Gasteiger partial charge in [-0.15, -0.1) is 13.2 Å². The maximum Gasteiger partial charge on any atom is 1.00 e. The number of halogens is 4. The van der Waals surface area contributed by atoms with E-state index in [1.807, 2.05) is 191 Å². The number of amides is 5. The molecular formula is C114H126ClF3KLi2N5O24. The zero-order valence-corrected chi connectivity index (χ0v) is 92.3. The number of methoxy groups -OCH3 is 8. The Balaban J connectivity index is 0.000000479. The van der Waals surface area contributed by atoms with E-state index in [1.165, 1.54) is 100 Å². The van der Waals surface area contributed by atoms with Gasteiger partial charge in [0.1, 0.15) is 114 Å². The van der Waals surface area contributed by atoms with Gasteiger partial charge in [-0.1, -0.05) is 131 Å². The third kappa shape index (κ3) is 46.5. The average Bonchev–Trinajstić information content (AvgIpc) is 0.829. The molecule has 0 aliphatic carbocycles. The average molecular weight is 2100 g/mol. The molecule has 7 N–H and O–H groups in total. The number of hydroxylamine groups is 5. The van der Waals surface area contributed by atoms with Crippen molar-refractivity contribution >= 4 is 71.5 Å². The Bertz CT molecular complexity index is 5920. The van der Waals surface area contributed by atoms with Crippen LogP contribution in [-0.4, -0.2) is 103 Å². The van der Waals surface area contributed by atoms with Crippen LogP contribution in [0.3, 0.4) is 0 Å². The standard InChI is InChI=1S/C23H24F3NO5.C23H27NO5.2C23H26NO5.C22H23ClNO4.K.2Li/c1-15(2)4-11-19-20(30-3)12-7-17(8-13-21(28)27-29)22(19)31-14-16-5-9-18(10-6-16)32-23(24,25)26;3*1-16(2)5-12-20-21(28-4)13-8-18(9-14-22(25)24-26)23(20)29-15-17-6-10-19(27-3)11-7-17;1-15(2)4-11-19-20(27-3)12-7-17(8-13-21(25)24-26)22(19)28-14-16-5-9-18(23)10-6-16;;;/h4-10,12-13,29H,11,14H2,1-3H3,(H,27,28);5-11,13-14,26H,12,15H2,1-4H3,(H,24,25);2*5-11,13-14H,12,15H2,1-4H3,(H-,24,25,26);4-10,12-13H,11,14H2,1-3H3,(H-,24,25,26);;;/q;;3*-1;3*+1/b13-8+;3*14-9+;13-8+;;;. The van der Waals surface area contributed by atoms with Crippen LogP contribution < -0.4 is 183 Å². The Morgan fingerprint density at radius 3 is 0.647 bits per heavy atom. The smallest absolute Gasteiger partial charge is 0.759 e. The molecule has 5 amide bonds. The van der Waals surface area contributed by atoms with Crippen molar-refractivity contribution < 1.29 is 203 Å². The van der Waals surface area contributed by atoms with E-state index < -0.39 is 35.9 Å². The van der Waals surface area contributed by atoms with E-state index in [1.54, 1.807) is 122 Å². The molecule has 29 nitrogen and oxygen atoms in total. The Kier molecular flexibility index (Phi) is 61.8. The molecule has 36 heteroatoms. The van der Waals surface area contributed by atoms with Gasteiger partial charge in [-0.05, 0) is 281 Å². The maximum absolute atomic E-state index is 12.3. The Morgan fingerprint density at radius 2 is 0.480 bits per heavy atom. The van der Waals surface area contributed by atoms with Crippen molar-refractivity contribution in [2.45, 2.75) is 141 Å². The number of hydrogen-bond acceptors (Lipinski definition) is 24. The second kappa shape index (κ2) is 70.8. The molecule has 0 unspecified atom stereocenters. The molecular weight excluding hydrogens is 1970 g/mol. The van der Waals surface area contributed by atoms with Gasteiger partial charge in [0.15, 0.2) is 0 Å². The van der Waals surface area contributed by atoms with Gasteiger partial charge in [0.2, 0.25) is 17.7 Å². The van der Waals surface area contributed by atoms with Crippen molar-refractivity contribution in [3.8, 4) is 80.5 Å². The molecule has 150 heavy (non-hydrogen) atoms. The quantitative estimate of drug-likeness (QED) is 0.00613. The van der Waals surface area contributed by atoms with Gasteiger partial charge in [-0.25, -0.2) is 11.0 Å². The van der Waals surface area contributed by atoms with Gasteiger partial charge in [0.25, 0.3) is 11.8 Å². The fourth-order valence-electron chi connectivity index (χ4n) is 13.4. The third-order valence-electron chi connectivity index (χ3n) is 21.0. The van der Waals surface area contributed by atoms with Crippen molar-refractivity contribution in [3.63, 3.8) is 0 Å². The van der Waals surface area contributed by atoms with E-state index in [-0.39, 0.29) is 101 Å². The first kappa shape index (κ1) is 131. The molecule has 782 valence electrons. The van der Waals surface area contributed by atoms with Crippen LogP contribution >= 0.6 is 11.6 Å². The van der Waals surface area contributed by atoms with E-state index in [4.69, 9.17) is 83.6 Å². The summed E-state index contributed by atoms with van der Waals surface area (Å²) in [6, 6.07) is 53.4. The van der Waals surface area contributed by atoms with Crippen molar-refractivity contribution in [1.29, 1.82) is 0 Å². The van der Waals surface area contributed by atoms with Gasteiger partial charge in [-0.2, -0.15) is 0 Å². The molecule has 10 aromatic carbocycles. The molecule has 10 aromatic rings. The van der Waals surface area contributed by atoms with Gasteiger partial charge < -0.3 is 98.4 Å². The van der Waals surface area contributed by atoms with Crippen molar-refractivity contribution in [3.05, 3.63) is 375 Å². The second-order valence-electron chi connectivity index (χ2n) is 33.1. The summed E-state index contributed by atoms with van der Waals surface area (Å²) in [6.07, 6.45) is 22.2. The molecule has 0 aromatic heterocycles. The summed E-state index contributed by atoms with van der Waals surface area (Å²) < 4.78 is 115. The number of carbonyl (C=O) groups excluding carboxylic acids is 5. The fraction of sp³-hybridized carbons (Fsp3) is 0.254. The molecule has 0 saturated carbocycles. The van der Waals surface area contributed by atoms with E-state index in [9.17, 15) is 52.8 Å². The van der Waals surface area contributed by atoms with E-state index >= 15 is 0 Å². The molecule has 0 aliphatic heterocycles. The number of allylic oxidation sites excluding steroid dienone is 10. The van der Waals surface area contributed by atoms with E-state index in [0.717, 1.165) is 84.5 Å². The predicted octanol–water partition coefficient (Wildman–Crippen LogP) is 14.4. The van der Waals surface area contributed by atoms with Gasteiger partial charge in [-0.3, -0.25) is 34.4 Å². The number of rotatable bonds is 44. The molecule has 0 atom stereocenters. The van der Waals surface area contributed by atoms with Crippen LogP contribution in [0.2, 0.25) is 5.02 Å². The zero-order valence-electron chi connectivity index (χ0n) is 88.4. The second-order valence-corrected chi connectivity index (χ2v) is 33.5. The minimum absolute atomic E-state index is 0. The van der Waals surface area contributed by atoms with E-state index in [0.29, 0.717) is 154 Å². The van der Waals surface area contributed by atoms with Gasteiger partial charge in [0.05, 0.1) is 56.9 Å². The summed E-state index contributed by atoms with van der Waals surface area (Å²) in [7, 11) is 12.8. The van der Waals surface area contributed by atoms with Crippen LogP contribution in [0.4, 0.5) is 13.2 Å². The molecule has 0 heterocycles. The molecule has 10 rings (SSSR count). The SMILES string of the molecule is COc1ccc(/C=C/C(=O)NO)c(OCc2ccc(OC(F)(F)F)cc2)c1CC=C(C)C.COc1ccc(/C=C/C(=O)N[O-])c(OCc2ccc(Cl)cc2)c1CC=C(C)C.COc1ccc(COc2c(/C=C/C(=O)NO)ccc(OC)c2CC=C(C)C)cc1.COc1ccc(COc2c(/C=C/C(=O)N[O-])ccc(OC)c2CC=C(C)C)cc1.COc1ccc(COc2c(/C=C/C(=O)N[O-])ccc(OC)c2CC=C(C)C)cc1.[K+].[Li+].[Li+]. The molecule has 0 aliphatic rings. The van der Waals surface area contributed by atoms with Crippen molar-refractivity contribution in [2.24, 2.45) is 0 Å². The normalized spacial score (nSPS) is 10.5. The topological polar surface area (TPSA) is 384 Å². The minimum atomic E-state index is -4.76. The summed E-state index contributed by atoms with van der Waals surface area (Å²) in [5.74, 6) is 4.70. The van der Waals surface area contributed by atoms with Crippen molar-refractivity contribution in [1.82, 2.24) is 27.4 Å². The Morgan fingerprint density at radius 1 is 0.293 bits per heavy atom. The monoisotopic (exact) mass is 2090 g/mol. The first-order valence-corrected chi connectivity index (χ1v) is 46.2. The van der Waals surface area contributed by atoms with Crippen LogP contribution in [0.1, 0.15) is 153 Å². The Labute approximate surface area is 946 Å². The zero-order chi connectivity index (χ0) is 108. The molecule has 0 fully saturated rings. The molecule has 0 spiro atoms. The third-order valence-corrected chi connectivity index (χ3v) is 21.2. The van der Waals surface area contributed by atoms with Crippen LogP contribution in [-0.2, 0) is 89.1 Å². The number of carbonyl (C=O) groups is 5.